The van der Waals surface area contributed by atoms with Gasteiger partial charge in [-0.05, 0) is 25.0 Å². The summed E-state index contributed by atoms with van der Waals surface area (Å²) in [4.78, 5) is 7.65. The van der Waals surface area contributed by atoms with Crippen LogP contribution in [0.5, 0.6) is 0 Å². The van der Waals surface area contributed by atoms with Gasteiger partial charge in [0.05, 0.1) is 20.7 Å². The van der Waals surface area contributed by atoms with Gasteiger partial charge in [0.1, 0.15) is 5.69 Å². The molecule has 0 N–H and O–H groups in total. The molecule has 4 nitrogen and oxygen atoms in total. The Kier molecular flexibility index (Phi) is 5.10. The second-order valence-corrected chi connectivity index (χ2v) is 8.49. The molecule has 2 heterocycles. The van der Waals surface area contributed by atoms with Crippen LogP contribution >= 0.6 is 11.3 Å². The molecule has 9 heteroatoms. The molecule has 2 aromatic heterocycles. The summed E-state index contributed by atoms with van der Waals surface area (Å²) in [6, 6.07) is 2.18. The summed E-state index contributed by atoms with van der Waals surface area (Å²) in [6.45, 7) is 3.61. The van der Waals surface area contributed by atoms with Gasteiger partial charge in [0.25, 0.3) is 0 Å². The van der Waals surface area contributed by atoms with Crippen LogP contribution in [-0.4, -0.2) is 20.4 Å². The third kappa shape index (κ3) is 4.29. The van der Waals surface area contributed by atoms with E-state index in [0.717, 1.165) is 24.4 Å². The lowest BCUT2D eigenvalue weighted by molar-refractivity contribution is -0.141. The van der Waals surface area contributed by atoms with Gasteiger partial charge < -0.3 is 0 Å². The van der Waals surface area contributed by atoms with Gasteiger partial charge in [-0.2, -0.15) is 17.5 Å². The summed E-state index contributed by atoms with van der Waals surface area (Å²) in [7, 11) is -2.71. The van der Waals surface area contributed by atoms with Crippen molar-refractivity contribution in [2.45, 2.75) is 31.7 Å². The van der Waals surface area contributed by atoms with E-state index in [0.29, 0.717) is 10.7 Å². The van der Waals surface area contributed by atoms with E-state index >= 15 is 0 Å². The first kappa shape index (κ1) is 17.9. The van der Waals surface area contributed by atoms with Crippen molar-refractivity contribution in [3.8, 4) is 0 Å². The third-order valence-electron chi connectivity index (χ3n) is 3.36. The lowest BCUT2D eigenvalue weighted by atomic mass is 10.2. The van der Waals surface area contributed by atoms with Crippen molar-refractivity contribution >= 4 is 26.2 Å². The highest BCUT2D eigenvalue weighted by atomic mass is 32.2. The molecule has 0 saturated carbocycles. The van der Waals surface area contributed by atoms with Crippen LogP contribution in [0.25, 0.3) is 0 Å². The number of nitrogens with zero attached hydrogens (tertiary/aromatic N) is 3. The Morgan fingerprint density at radius 3 is 2.57 bits per heavy atom. The fraction of sp³-hybridized carbons (Fsp3) is 0.429. The molecule has 0 amide bonds. The van der Waals surface area contributed by atoms with E-state index in [4.69, 9.17) is 0 Å². The summed E-state index contributed by atoms with van der Waals surface area (Å²) in [5.74, 6) is 0. The second-order valence-electron chi connectivity index (χ2n) is 5.04. The van der Waals surface area contributed by atoms with Crippen molar-refractivity contribution < 1.29 is 17.4 Å². The van der Waals surface area contributed by atoms with E-state index in [1.807, 2.05) is 12.3 Å². The van der Waals surface area contributed by atoms with Crippen molar-refractivity contribution in [1.29, 1.82) is 0 Å². The summed E-state index contributed by atoms with van der Waals surface area (Å²) >= 11 is 1.30. The van der Waals surface area contributed by atoms with Gasteiger partial charge in [0.15, 0.2) is 0 Å². The van der Waals surface area contributed by atoms with Crippen LogP contribution in [0.1, 0.15) is 36.0 Å². The fourth-order valence-electron chi connectivity index (χ4n) is 1.80. The number of aryl methyl sites for hydroxylation is 1. The minimum absolute atomic E-state index is 0.418. The number of thiazole rings is 1. The van der Waals surface area contributed by atoms with Gasteiger partial charge in [0, 0.05) is 17.8 Å². The zero-order valence-electron chi connectivity index (χ0n) is 12.8. The molecule has 0 aliphatic carbocycles. The third-order valence-corrected chi connectivity index (χ3v) is 6.38. The Balaban J connectivity index is 2.30. The SMILES string of the molecule is CCc1csc(N=S(C)(=O)C(C)c2ccc(C(F)(F)F)nc2)n1. The smallest absolute Gasteiger partial charge is 0.251 e. The maximum absolute atomic E-state index is 12.8. The molecular formula is C14H16F3N3OS2. The second kappa shape index (κ2) is 6.56. The zero-order chi connectivity index (χ0) is 17.3. The lowest BCUT2D eigenvalue weighted by Crippen LogP contribution is -2.11. The number of rotatable bonds is 4. The number of halogens is 3. The molecule has 0 spiro atoms. The molecule has 0 radical (unpaired) electrons. The van der Waals surface area contributed by atoms with Crippen LogP contribution in [0.2, 0.25) is 0 Å². The van der Waals surface area contributed by atoms with Crippen LogP contribution in [0, 0.1) is 0 Å². The van der Waals surface area contributed by atoms with Crippen molar-refractivity contribution in [3.63, 3.8) is 0 Å². The first-order chi connectivity index (χ1) is 10.6. The predicted molar refractivity (Wildman–Crippen MR) is 85.3 cm³/mol. The predicted octanol–water partition coefficient (Wildman–Crippen LogP) is 4.61. The van der Waals surface area contributed by atoms with E-state index in [9.17, 15) is 17.4 Å². The van der Waals surface area contributed by atoms with Gasteiger partial charge in [0.2, 0.25) is 5.13 Å². The van der Waals surface area contributed by atoms with Gasteiger partial charge in [-0.25, -0.2) is 9.19 Å². The zero-order valence-corrected chi connectivity index (χ0v) is 14.4. The number of hydrogen-bond acceptors (Lipinski definition) is 5. The van der Waals surface area contributed by atoms with E-state index in [1.165, 1.54) is 23.7 Å². The molecule has 0 aromatic carbocycles. The van der Waals surface area contributed by atoms with Crippen molar-refractivity contribution in [1.82, 2.24) is 9.97 Å². The molecule has 0 bridgehead atoms. The molecule has 2 atom stereocenters. The normalized spacial score (nSPS) is 15.9. The maximum atomic E-state index is 12.8. The standard InChI is InChI=1S/C14H16F3N3OS2/c1-4-11-8-22-13(19-11)20-23(3,21)9(2)10-5-6-12(18-7-10)14(15,16)17/h5-9H,4H2,1-3H3. The molecule has 2 unspecified atom stereocenters. The average Bonchev–Trinajstić information content (AvgIpc) is 2.92. The average molecular weight is 363 g/mol. The van der Waals surface area contributed by atoms with Crippen molar-refractivity contribution in [2.75, 3.05) is 6.26 Å². The minimum Gasteiger partial charge on any atom is -0.251 e. The maximum Gasteiger partial charge on any atom is 0.433 e. The van der Waals surface area contributed by atoms with Crippen molar-refractivity contribution in [2.24, 2.45) is 4.36 Å². The molecular weight excluding hydrogens is 347 g/mol. The molecule has 126 valence electrons. The molecule has 0 aliphatic heterocycles. The Morgan fingerprint density at radius 2 is 2.09 bits per heavy atom. The monoisotopic (exact) mass is 363 g/mol. The quantitative estimate of drug-likeness (QED) is 0.797. The number of alkyl halides is 3. The highest BCUT2D eigenvalue weighted by molar-refractivity contribution is 7.93. The molecule has 2 rings (SSSR count). The van der Waals surface area contributed by atoms with Gasteiger partial charge in [-0.15, -0.1) is 11.3 Å². The summed E-state index contributed by atoms with van der Waals surface area (Å²) < 4.78 is 54.6. The Morgan fingerprint density at radius 1 is 1.39 bits per heavy atom. The lowest BCUT2D eigenvalue weighted by Gasteiger charge is -2.14. The van der Waals surface area contributed by atoms with Gasteiger partial charge in [-0.3, -0.25) is 4.98 Å². The highest BCUT2D eigenvalue weighted by Gasteiger charge is 2.32. The Hall–Kier alpha value is -1.48. The number of hydrogen-bond donors (Lipinski definition) is 0. The molecule has 23 heavy (non-hydrogen) atoms. The van der Waals surface area contributed by atoms with Crippen LogP contribution in [0.3, 0.4) is 0 Å². The first-order valence-electron chi connectivity index (χ1n) is 6.82. The summed E-state index contributed by atoms with van der Waals surface area (Å²) in [5, 5.41) is 1.70. The number of pyridine rings is 1. The van der Waals surface area contributed by atoms with E-state index in [2.05, 4.69) is 14.3 Å². The summed E-state index contributed by atoms with van der Waals surface area (Å²) in [6.07, 6.45) is -1.15. The van der Waals surface area contributed by atoms with Crippen LogP contribution in [0.4, 0.5) is 18.3 Å². The van der Waals surface area contributed by atoms with E-state index < -0.39 is 26.8 Å². The van der Waals surface area contributed by atoms with Crippen LogP contribution in [-0.2, 0) is 22.3 Å². The fourth-order valence-corrected chi connectivity index (χ4v) is 4.20. The van der Waals surface area contributed by atoms with Crippen LogP contribution in [0.15, 0.2) is 28.1 Å². The molecule has 0 saturated heterocycles. The minimum atomic E-state index is -4.49. The van der Waals surface area contributed by atoms with Crippen LogP contribution < -0.4 is 0 Å². The largest absolute Gasteiger partial charge is 0.433 e. The van der Waals surface area contributed by atoms with Crippen molar-refractivity contribution in [3.05, 3.63) is 40.7 Å². The molecule has 0 fully saturated rings. The molecule has 0 aliphatic rings. The van der Waals surface area contributed by atoms with E-state index in [1.54, 1.807) is 6.92 Å². The Bertz CT molecular complexity index is 790. The van der Waals surface area contributed by atoms with Gasteiger partial charge >= 0.3 is 6.18 Å². The van der Waals surface area contributed by atoms with E-state index in [-0.39, 0.29) is 0 Å². The summed E-state index contributed by atoms with van der Waals surface area (Å²) in [5.41, 5.74) is 0.342. The number of aromatic nitrogens is 2. The first-order valence-corrected chi connectivity index (χ1v) is 9.68. The topological polar surface area (TPSA) is 55.2 Å². The van der Waals surface area contributed by atoms with Gasteiger partial charge in [-0.1, -0.05) is 13.0 Å². The Labute approximate surface area is 137 Å². The highest BCUT2D eigenvalue weighted by Crippen LogP contribution is 2.31. The molecule has 2 aromatic rings.